The van der Waals surface area contributed by atoms with Crippen molar-refractivity contribution in [2.24, 2.45) is 5.92 Å². The van der Waals surface area contributed by atoms with Crippen LogP contribution in [-0.2, 0) is 5.41 Å². The van der Waals surface area contributed by atoms with Crippen molar-refractivity contribution in [1.82, 2.24) is 5.32 Å². The Labute approximate surface area is 140 Å². The average molecular weight is 321 g/mol. The van der Waals surface area contributed by atoms with E-state index in [-0.39, 0.29) is 12.0 Å². The number of aliphatic hydroxyl groups excluding tert-OH is 1. The van der Waals surface area contributed by atoms with Crippen LogP contribution in [0.2, 0.25) is 0 Å². The van der Waals surface area contributed by atoms with E-state index in [0.29, 0.717) is 5.92 Å². The van der Waals surface area contributed by atoms with Gasteiger partial charge < -0.3 is 19.9 Å². The van der Waals surface area contributed by atoms with Crippen LogP contribution in [0.15, 0.2) is 18.2 Å². The fourth-order valence-electron chi connectivity index (χ4n) is 3.64. The van der Waals surface area contributed by atoms with E-state index in [1.54, 1.807) is 14.2 Å². The maximum absolute atomic E-state index is 9.12. The first-order valence-corrected chi connectivity index (χ1v) is 8.69. The molecule has 1 unspecified atom stereocenters. The highest BCUT2D eigenvalue weighted by Gasteiger charge is 2.35. The first kappa shape index (κ1) is 18.1. The van der Waals surface area contributed by atoms with Gasteiger partial charge in [0.2, 0.25) is 0 Å². The number of benzene rings is 1. The van der Waals surface area contributed by atoms with Crippen molar-refractivity contribution in [3.8, 4) is 11.5 Å². The summed E-state index contributed by atoms with van der Waals surface area (Å²) < 4.78 is 10.8. The molecule has 23 heavy (non-hydrogen) atoms. The minimum absolute atomic E-state index is 0.244. The van der Waals surface area contributed by atoms with Gasteiger partial charge >= 0.3 is 0 Å². The summed E-state index contributed by atoms with van der Waals surface area (Å²) in [4.78, 5) is 0. The van der Waals surface area contributed by atoms with E-state index in [2.05, 4.69) is 24.4 Å². The summed E-state index contributed by atoms with van der Waals surface area (Å²) in [6.45, 7) is 4.16. The predicted molar refractivity (Wildman–Crippen MR) is 93.4 cm³/mol. The summed E-state index contributed by atoms with van der Waals surface area (Å²) >= 11 is 0. The van der Waals surface area contributed by atoms with Crippen LogP contribution in [0.5, 0.6) is 11.5 Å². The van der Waals surface area contributed by atoms with E-state index in [1.807, 2.05) is 6.07 Å². The molecule has 4 heteroatoms. The second-order valence-electron chi connectivity index (χ2n) is 6.80. The SMILES string of the molecule is COc1ccc(C2(CCNCC(C)CO)CCCC2)cc1OC. The van der Waals surface area contributed by atoms with Gasteiger partial charge in [-0.1, -0.05) is 25.8 Å². The molecule has 1 aromatic rings. The molecule has 1 saturated carbocycles. The minimum atomic E-state index is 0.244. The summed E-state index contributed by atoms with van der Waals surface area (Å²) in [5, 5.41) is 12.6. The van der Waals surface area contributed by atoms with Crippen molar-refractivity contribution in [3.63, 3.8) is 0 Å². The molecule has 1 aliphatic carbocycles. The lowest BCUT2D eigenvalue weighted by Gasteiger charge is -2.31. The van der Waals surface area contributed by atoms with Crippen LogP contribution < -0.4 is 14.8 Å². The lowest BCUT2D eigenvalue weighted by Crippen LogP contribution is -2.31. The number of hydrogen-bond donors (Lipinski definition) is 2. The zero-order valence-electron chi connectivity index (χ0n) is 14.7. The van der Waals surface area contributed by atoms with Gasteiger partial charge in [0.15, 0.2) is 11.5 Å². The molecule has 0 spiro atoms. The highest BCUT2D eigenvalue weighted by atomic mass is 16.5. The van der Waals surface area contributed by atoms with E-state index in [1.165, 1.54) is 31.2 Å². The van der Waals surface area contributed by atoms with Gasteiger partial charge in [0, 0.05) is 6.61 Å². The Morgan fingerprint density at radius 3 is 2.48 bits per heavy atom. The molecule has 130 valence electrons. The number of nitrogens with one attached hydrogen (secondary N) is 1. The topological polar surface area (TPSA) is 50.7 Å². The molecule has 1 atom stereocenters. The molecule has 1 aliphatic rings. The Bertz CT molecular complexity index is 484. The van der Waals surface area contributed by atoms with Gasteiger partial charge in [-0.25, -0.2) is 0 Å². The fourth-order valence-corrected chi connectivity index (χ4v) is 3.64. The van der Waals surface area contributed by atoms with Gasteiger partial charge in [-0.3, -0.25) is 0 Å². The molecule has 4 nitrogen and oxygen atoms in total. The summed E-state index contributed by atoms with van der Waals surface area (Å²) in [5.41, 5.74) is 1.61. The second-order valence-corrected chi connectivity index (χ2v) is 6.80. The van der Waals surface area contributed by atoms with E-state index in [0.717, 1.165) is 31.0 Å². The molecule has 2 N–H and O–H groups in total. The van der Waals surface area contributed by atoms with Gasteiger partial charge in [0.05, 0.1) is 14.2 Å². The minimum Gasteiger partial charge on any atom is -0.493 e. The van der Waals surface area contributed by atoms with Gasteiger partial charge in [-0.2, -0.15) is 0 Å². The lowest BCUT2D eigenvalue weighted by atomic mass is 9.76. The molecule has 0 saturated heterocycles. The maximum atomic E-state index is 9.12. The summed E-state index contributed by atoms with van der Waals surface area (Å²) in [7, 11) is 3.37. The number of aliphatic hydroxyl groups is 1. The zero-order valence-corrected chi connectivity index (χ0v) is 14.7. The second kappa shape index (κ2) is 8.55. The largest absolute Gasteiger partial charge is 0.493 e. The predicted octanol–water partition coefficient (Wildman–Crippen LogP) is 3.12. The van der Waals surface area contributed by atoms with Crippen LogP contribution in [-0.4, -0.2) is 39.0 Å². The molecule has 0 radical (unpaired) electrons. The van der Waals surface area contributed by atoms with E-state index >= 15 is 0 Å². The zero-order chi connectivity index (χ0) is 16.7. The quantitative estimate of drug-likeness (QED) is 0.686. The van der Waals surface area contributed by atoms with Gasteiger partial charge in [-0.05, 0) is 61.4 Å². The molecular formula is C19H31NO3. The molecule has 0 bridgehead atoms. The van der Waals surface area contributed by atoms with Crippen molar-refractivity contribution in [2.75, 3.05) is 33.9 Å². The normalized spacial score (nSPS) is 17.9. The van der Waals surface area contributed by atoms with Crippen LogP contribution in [0.25, 0.3) is 0 Å². The number of methoxy groups -OCH3 is 2. The third-order valence-electron chi connectivity index (χ3n) is 5.14. The highest BCUT2D eigenvalue weighted by molar-refractivity contribution is 5.45. The Morgan fingerprint density at radius 2 is 1.87 bits per heavy atom. The van der Waals surface area contributed by atoms with Crippen molar-refractivity contribution in [1.29, 1.82) is 0 Å². The number of rotatable bonds is 9. The van der Waals surface area contributed by atoms with Gasteiger partial charge in [0.1, 0.15) is 0 Å². The molecule has 0 amide bonds. The molecule has 2 rings (SSSR count). The average Bonchev–Trinajstić information content (AvgIpc) is 3.07. The fraction of sp³-hybridized carbons (Fsp3) is 0.684. The number of hydrogen-bond acceptors (Lipinski definition) is 4. The van der Waals surface area contributed by atoms with Crippen molar-refractivity contribution in [2.45, 2.75) is 44.4 Å². The molecule has 1 aromatic carbocycles. The van der Waals surface area contributed by atoms with Crippen LogP contribution >= 0.6 is 0 Å². The van der Waals surface area contributed by atoms with Crippen molar-refractivity contribution < 1.29 is 14.6 Å². The molecule has 1 fully saturated rings. The lowest BCUT2D eigenvalue weighted by molar-refractivity contribution is 0.232. The molecular weight excluding hydrogens is 290 g/mol. The third kappa shape index (κ3) is 4.39. The monoisotopic (exact) mass is 321 g/mol. The van der Waals surface area contributed by atoms with Gasteiger partial charge in [0.25, 0.3) is 0 Å². The smallest absolute Gasteiger partial charge is 0.161 e. The first-order chi connectivity index (χ1) is 11.1. The van der Waals surface area contributed by atoms with Crippen molar-refractivity contribution in [3.05, 3.63) is 23.8 Å². The van der Waals surface area contributed by atoms with Crippen LogP contribution in [0.1, 0.15) is 44.6 Å². The summed E-state index contributed by atoms with van der Waals surface area (Å²) in [6, 6.07) is 6.37. The van der Waals surface area contributed by atoms with Crippen molar-refractivity contribution >= 4 is 0 Å². The maximum Gasteiger partial charge on any atom is 0.161 e. The number of ether oxygens (including phenoxy) is 2. The van der Waals surface area contributed by atoms with Crippen LogP contribution in [0.3, 0.4) is 0 Å². The first-order valence-electron chi connectivity index (χ1n) is 8.69. The molecule has 0 heterocycles. The Balaban J connectivity index is 2.08. The Morgan fingerprint density at radius 1 is 1.17 bits per heavy atom. The summed E-state index contributed by atoms with van der Waals surface area (Å²) in [5.74, 6) is 1.92. The summed E-state index contributed by atoms with van der Waals surface area (Å²) in [6.07, 6.45) is 6.18. The van der Waals surface area contributed by atoms with Crippen LogP contribution in [0, 0.1) is 5.92 Å². The Hall–Kier alpha value is -1.26. The van der Waals surface area contributed by atoms with Crippen LogP contribution in [0.4, 0.5) is 0 Å². The molecule has 0 aromatic heterocycles. The van der Waals surface area contributed by atoms with E-state index in [4.69, 9.17) is 14.6 Å². The standard InChI is InChI=1S/C19H31NO3/c1-15(14-21)13-20-11-10-19(8-4-5-9-19)16-6-7-17(22-2)18(12-16)23-3/h6-7,12,15,20-21H,4-5,8-11,13-14H2,1-3H3. The third-order valence-corrected chi connectivity index (χ3v) is 5.14. The van der Waals surface area contributed by atoms with E-state index in [9.17, 15) is 0 Å². The van der Waals surface area contributed by atoms with Gasteiger partial charge in [-0.15, -0.1) is 0 Å². The van der Waals surface area contributed by atoms with E-state index < -0.39 is 0 Å². The highest BCUT2D eigenvalue weighted by Crippen LogP contribution is 2.45. The molecule has 0 aliphatic heterocycles. The Kier molecular flexibility index (Phi) is 6.72.